The first-order chi connectivity index (χ1) is 7.07. The largest absolute Gasteiger partial charge is 0.476 e. The smallest absolute Gasteiger partial charge is 0.358 e. The van der Waals surface area contributed by atoms with Crippen molar-refractivity contribution in [1.82, 2.24) is 9.97 Å². The Morgan fingerprint density at radius 2 is 2.07 bits per heavy atom. The molecular weight excluding hydrogens is 194 g/mol. The van der Waals surface area contributed by atoms with Gasteiger partial charge in [0.1, 0.15) is 0 Å². The van der Waals surface area contributed by atoms with Gasteiger partial charge in [-0.05, 0) is 20.8 Å². The van der Waals surface area contributed by atoms with Crippen molar-refractivity contribution in [3.05, 3.63) is 18.1 Å². The summed E-state index contributed by atoms with van der Waals surface area (Å²) >= 11 is 0. The van der Waals surface area contributed by atoms with Crippen LogP contribution >= 0.6 is 0 Å². The van der Waals surface area contributed by atoms with E-state index in [-0.39, 0.29) is 11.7 Å². The molecule has 0 radical (unpaired) electrons. The van der Waals surface area contributed by atoms with E-state index >= 15 is 0 Å². The number of nitrogens with zero attached hydrogens (tertiary/aromatic N) is 3. The molecule has 0 spiro atoms. The first-order valence-electron chi connectivity index (χ1n) is 4.88. The normalized spacial score (nSPS) is 10.4. The molecule has 0 atom stereocenters. The topological polar surface area (TPSA) is 66.3 Å². The average Bonchev–Trinajstić information content (AvgIpc) is 2.18. The molecule has 0 amide bonds. The lowest BCUT2D eigenvalue weighted by atomic mass is 10.3. The van der Waals surface area contributed by atoms with Crippen LogP contribution in [0.5, 0.6) is 0 Å². The number of rotatable bonds is 4. The van der Waals surface area contributed by atoms with Crippen molar-refractivity contribution >= 4 is 11.8 Å². The Labute approximate surface area is 88.8 Å². The van der Waals surface area contributed by atoms with Gasteiger partial charge in [0, 0.05) is 25.0 Å². The molecule has 1 aromatic heterocycles. The Hall–Kier alpha value is -1.65. The minimum atomic E-state index is -1.04. The molecule has 1 heterocycles. The fourth-order valence-corrected chi connectivity index (χ4v) is 1.45. The van der Waals surface area contributed by atoms with E-state index in [1.807, 2.05) is 25.7 Å². The van der Waals surface area contributed by atoms with Crippen LogP contribution in [0, 0.1) is 0 Å². The van der Waals surface area contributed by atoms with Gasteiger partial charge in [-0.1, -0.05) is 0 Å². The highest BCUT2D eigenvalue weighted by atomic mass is 16.4. The van der Waals surface area contributed by atoms with Gasteiger partial charge in [0.15, 0.2) is 11.5 Å². The first-order valence-corrected chi connectivity index (χ1v) is 4.88. The van der Waals surface area contributed by atoms with Gasteiger partial charge in [0.2, 0.25) is 0 Å². The molecule has 0 unspecified atom stereocenters. The van der Waals surface area contributed by atoms with E-state index in [9.17, 15) is 4.79 Å². The number of carboxylic acid groups (broad SMARTS) is 1. The Balaban J connectivity index is 3.16. The molecular formula is C10H15N3O2. The third-order valence-corrected chi connectivity index (χ3v) is 2.12. The molecule has 1 N–H and O–H groups in total. The lowest BCUT2D eigenvalue weighted by Crippen LogP contribution is -2.33. The monoisotopic (exact) mass is 209 g/mol. The van der Waals surface area contributed by atoms with E-state index in [1.54, 1.807) is 0 Å². The molecule has 0 aliphatic heterocycles. The second-order valence-electron chi connectivity index (χ2n) is 3.41. The molecule has 1 aromatic rings. The summed E-state index contributed by atoms with van der Waals surface area (Å²) in [7, 11) is 0. The summed E-state index contributed by atoms with van der Waals surface area (Å²) in [6, 6.07) is 0.199. The fraction of sp³-hybridized carbons (Fsp3) is 0.500. The van der Waals surface area contributed by atoms with Crippen molar-refractivity contribution in [3.63, 3.8) is 0 Å². The van der Waals surface area contributed by atoms with Gasteiger partial charge in [-0.15, -0.1) is 0 Å². The van der Waals surface area contributed by atoms with E-state index in [2.05, 4.69) is 9.97 Å². The zero-order valence-electron chi connectivity index (χ0n) is 9.14. The van der Waals surface area contributed by atoms with Crippen LogP contribution in [0.25, 0.3) is 0 Å². The van der Waals surface area contributed by atoms with Crippen LogP contribution in [-0.2, 0) is 0 Å². The van der Waals surface area contributed by atoms with Crippen LogP contribution in [0.2, 0.25) is 0 Å². The van der Waals surface area contributed by atoms with Gasteiger partial charge >= 0.3 is 5.97 Å². The highest BCUT2D eigenvalue weighted by molar-refractivity contribution is 5.90. The predicted octanol–water partition coefficient (Wildman–Crippen LogP) is 1.41. The molecule has 0 aliphatic rings. The fourth-order valence-electron chi connectivity index (χ4n) is 1.45. The van der Waals surface area contributed by atoms with Crippen LogP contribution in [0.15, 0.2) is 12.4 Å². The number of aromatic nitrogens is 2. The Morgan fingerprint density at radius 3 is 2.53 bits per heavy atom. The minimum absolute atomic E-state index is 0.00745. The van der Waals surface area contributed by atoms with E-state index in [0.29, 0.717) is 12.4 Å². The van der Waals surface area contributed by atoms with E-state index in [0.717, 1.165) is 0 Å². The Bertz CT molecular complexity index is 352. The number of aromatic carboxylic acids is 1. The molecule has 0 fully saturated rings. The highest BCUT2D eigenvalue weighted by Crippen LogP contribution is 2.16. The Morgan fingerprint density at radius 1 is 1.47 bits per heavy atom. The Kier molecular flexibility index (Phi) is 3.60. The summed E-state index contributed by atoms with van der Waals surface area (Å²) in [5.41, 5.74) is 0.00745. The molecule has 5 heteroatoms. The number of carbonyl (C=O) groups is 1. The van der Waals surface area contributed by atoms with Crippen molar-refractivity contribution in [2.45, 2.75) is 26.8 Å². The molecule has 0 saturated heterocycles. The molecule has 0 aromatic carbocycles. The molecule has 0 bridgehead atoms. The molecule has 82 valence electrons. The molecule has 5 nitrogen and oxygen atoms in total. The standard InChI is InChI=1S/C10H15N3O2/c1-4-13(7(2)3)9-8(10(14)15)11-5-6-12-9/h5-7H,4H2,1-3H3,(H,14,15). The molecule has 1 rings (SSSR count). The summed E-state index contributed by atoms with van der Waals surface area (Å²) in [6.07, 6.45) is 2.90. The highest BCUT2D eigenvalue weighted by Gasteiger charge is 2.19. The van der Waals surface area contributed by atoms with Gasteiger partial charge < -0.3 is 10.0 Å². The minimum Gasteiger partial charge on any atom is -0.476 e. The quantitative estimate of drug-likeness (QED) is 0.812. The van der Waals surface area contributed by atoms with Gasteiger partial charge in [-0.3, -0.25) is 0 Å². The zero-order valence-corrected chi connectivity index (χ0v) is 9.14. The van der Waals surface area contributed by atoms with E-state index in [4.69, 9.17) is 5.11 Å². The second-order valence-corrected chi connectivity index (χ2v) is 3.41. The van der Waals surface area contributed by atoms with Gasteiger partial charge in [0.25, 0.3) is 0 Å². The SMILES string of the molecule is CCN(c1nccnc1C(=O)O)C(C)C. The van der Waals surface area contributed by atoms with Crippen LogP contribution in [0.4, 0.5) is 5.82 Å². The second kappa shape index (κ2) is 4.72. The van der Waals surface area contributed by atoms with Crippen molar-refractivity contribution in [2.24, 2.45) is 0 Å². The summed E-state index contributed by atoms with van der Waals surface area (Å²) in [6.45, 7) is 6.64. The van der Waals surface area contributed by atoms with Gasteiger partial charge in [-0.25, -0.2) is 14.8 Å². The first kappa shape index (κ1) is 11.4. The third kappa shape index (κ3) is 2.43. The van der Waals surface area contributed by atoms with Crippen molar-refractivity contribution < 1.29 is 9.90 Å². The maximum Gasteiger partial charge on any atom is 0.358 e. The zero-order chi connectivity index (χ0) is 11.4. The van der Waals surface area contributed by atoms with Crippen molar-refractivity contribution in [3.8, 4) is 0 Å². The van der Waals surface area contributed by atoms with E-state index in [1.165, 1.54) is 12.4 Å². The summed E-state index contributed by atoms with van der Waals surface area (Å²) < 4.78 is 0. The number of hydrogen-bond acceptors (Lipinski definition) is 4. The van der Waals surface area contributed by atoms with Crippen molar-refractivity contribution in [1.29, 1.82) is 0 Å². The van der Waals surface area contributed by atoms with Gasteiger partial charge in [0.05, 0.1) is 0 Å². The summed E-state index contributed by atoms with van der Waals surface area (Å²) in [4.78, 5) is 20.7. The van der Waals surface area contributed by atoms with E-state index < -0.39 is 5.97 Å². The summed E-state index contributed by atoms with van der Waals surface area (Å²) in [5.74, 6) is -0.611. The van der Waals surface area contributed by atoms with Crippen LogP contribution in [0.1, 0.15) is 31.3 Å². The average molecular weight is 209 g/mol. The summed E-state index contributed by atoms with van der Waals surface area (Å²) in [5, 5.41) is 8.96. The number of carboxylic acids is 1. The lowest BCUT2D eigenvalue weighted by molar-refractivity contribution is 0.0690. The maximum absolute atomic E-state index is 10.9. The molecule has 0 saturated carbocycles. The molecule has 0 aliphatic carbocycles. The van der Waals surface area contributed by atoms with Crippen molar-refractivity contribution in [2.75, 3.05) is 11.4 Å². The van der Waals surface area contributed by atoms with Crippen LogP contribution in [-0.4, -0.2) is 33.6 Å². The maximum atomic E-state index is 10.9. The third-order valence-electron chi connectivity index (χ3n) is 2.12. The molecule has 15 heavy (non-hydrogen) atoms. The van der Waals surface area contributed by atoms with Crippen LogP contribution < -0.4 is 4.90 Å². The van der Waals surface area contributed by atoms with Crippen LogP contribution in [0.3, 0.4) is 0 Å². The predicted molar refractivity (Wildman–Crippen MR) is 57.1 cm³/mol. The number of hydrogen-bond donors (Lipinski definition) is 1. The lowest BCUT2D eigenvalue weighted by Gasteiger charge is -2.26. The van der Waals surface area contributed by atoms with Gasteiger partial charge in [-0.2, -0.15) is 0 Å². The number of anilines is 1.